The Hall–Kier alpha value is -3.42. The van der Waals surface area contributed by atoms with Gasteiger partial charge in [0.2, 0.25) is 5.91 Å². The minimum Gasteiger partial charge on any atom is -0.366 e. The molecule has 1 aromatic carbocycles. The number of carbonyl (C=O) groups excluding carboxylic acids is 1. The van der Waals surface area contributed by atoms with Crippen molar-refractivity contribution in [1.82, 2.24) is 14.8 Å². The van der Waals surface area contributed by atoms with E-state index in [1.807, 2.05) is 61.1 Å². The SMILES string of the molecule is Cc1nc(NCc2cnn(CCCc3ccc(F)cc3)c2)cc2c1NC(=O)[C@H](C)N2C. The third kappa shape index (κ3) is 4.68. The zero-order valence-corrected chi connectivity index (χ0v) is 18.0. The molecular formula is C23H27FN6O. The molecule has 7 nitrogen and oxygen atoms in total. The second-order valence-electron chi connectivity index (χ2n) is 7.96. The van der Waals surface area contributed by atoms with Crippen molar-refractivity contribution in [2.75, 3.05) is 22.6 Å². The van der Waals surface area contributed by atoms with E-state index in [-0.39, 0.29) is 17.8 Å². The molecule has 0 bridgehead atoms. The van der Waals surface area contributed by atoms with Crippen molar-refractivity contribution in [1.29, 1.82) is 0 Å². The third-order valence-corrected chi connectivity index (χ3v) is 5.69. The van der Waals surface area contributed by atoms with Gasteiger partial charge in [0.05, 0.1) is 23.3 Å². The van der Waals surface area contributed by atoms with Gasteiger partial charge in [-0.05, 0) is 44.4 Å². The summed E-state index contributed by atoms with van der Waals surface area (Å²) in [6.45, 7) is 5.18. The van der Waals surface area contributed by atoms with Crippen LogP contribution in [0.25, 0.3) is 0 Å². The molecule has 1 amide bonds. The first-order valence-electron chi connectivity index (χ1n) is 10.5. The Balaban J connectivity index is 1.34. The number of carbonyl (C=O) groups is 1. The normalized spacial score (nSPS) is 15.5. The van der Waals surface area contributed by atoms with E-state index in [1.165, 1.54) is 12.1 Å². The number of hydrogen-bond acceptors (Lipinski definition) is 5. The first kappa shape index (κ1) is 20.8. The number of amides is 1. The average molecular weight is 423 g/mol. The van der Waals surface area contributed by atoms with Gasteiger partial charge in [0.1, 0.15) is 17.7 Å². The van der Waals surface area contributed by atoms with E-state index < -0.39 is 0 Å². The van der Waals surface area contributed by atoms with E-state index in [0.717, 1.165) is 53.4 Å². The first-order valence-corrected chi connectivity index (χ1v) is 10.5. The minimum absolute atomic E-state index is 0.0209. The lowest BCUT2D eigenvalue weighted by Gasteiger charge is -2.34. The summed E-state index contributed by atoms with van der Waals surface area (Å²) < 4.78 is 14.9. The molecule has 1 aliphatic heterocycles. The molecule has 8 heteroatoms. The number of pyridine rings is 1. The van der Waals surface area contributed by atoms with Gasteiger partial charge >= 0.3 is 0 Å². The summed E-state index contributed by atoms with van der Waals surface area (Å²) >= 11 is 0. The van der Waals surface area contributed by atoms with Gasteiger partial charge in [-0.25, -0.2) is 9.37 Å². The van der Waals surface area contributed by atoms with Crippen LogP contribution in [0.2, 0.25) is 0 Å². The van der Waals surface area contributed by atoms with Gasteiger partial charge in [-0.1, -0.05) is 12.1 Å². The topological polar surface area (TPSA) is 75.1 Å². The number of fused-ring (bicyclic) bond motifs is 1. The highest BCUT2D eigenvalue weighted by molar-refractivity contribution is 6.04. The second-order valence-corrected chi connectivity index (χ2v) is 7.96. The van der Waals surface area contributed by atoms with E-state index in [9.17, 15) is 9.18 Å². The summed E-state index contributed by atoms with van der Waals surface area (Å²) in [5.41, 5.74) is 4.70. The number of likely N-dealkylation sites (N-methyl/N-ethyl adjacent to an activating group) is 1. The van der Waals surface area contributed by atoms with Crippen LogP contribution in [0.3, 0.4) is 0 Å². The van der Waals surface area contributed by atoms with Crippen molar-refractivity contribution in [3.8, 4) is 0 Å². The van der Waals surface area contributed by atoms with Gasteiger partial charge < -0.3 is 15.5 Å². The summed E-state index contributed by atoms with van der Waals surface area (Å²) in [4.78, 5) is 18.6. The number of halogens is 1. The van der Waals surface area contributed by atoms with Gasteiger partial charge in [0.15, 0.2) is 0 Å². The molecule has 0 spiro atoms. The smallest absolute Gasteiger partial charge is 0.246 e. The molecule has 3 aromatic rings. The molecule has 0 fully saturated rings. The summed E-state index contributed by atoms with van der Waals surface area (Å²) in [5, 5.41) is 10.7. The van der Waals surface area contributed by atoms with Crippen molar-refractivity contribution in [3.63, 3.8) is 0 Å². The van der Waals surface area contributed by atoms with Crippen LogP contribution < -0.4 is 15.5 Å². The van der Waals surface area contributed by atoms with Gasteiger partial charge in [-0.2, -0.15) is 5.10 Å². The largest absolute Gasteiger partial charge is 0.366 e. The number of nitrogens with one attached hydrogen (secondary N) is 2. The summed E-state index contributed by atoms with van der Waals surface area (Å²) in [5.74, 6) is 0.533. The van der Waals surface area contributed by atoms with Crippen LogP contribution >= 0.6 is 0 Å². The fourth-order valence-corrected chi connectivity index (χ4v) is 3.70. The average Bonchev–Trinajstić information content (AvgIpc) is 3.21. The maximum Gasteiger partial charge on any atom is 0.246 e. The predicted octanol–water partition coefficient (Wildman–Crippen LogP) is 3.75. The van der Waals surface area contributed by atoms with Gasteiger partial charge in [-0.3, -0.25) is 9.48 Å². The number of nitrogens with zero attached hydrogens (tertiary/aromatic N) is 4. The highest BCUT2D eigenvalue weighted by Crippen LogP contribution is 2.34. The van der Waals surface area contributed by atoms with E-state index >= 15 is 0 Å². The van der Waals surface area contributed by atoms with E-state index in [1.54, 1.807) is 0 Å². The lowest BCUT2D eigenvalue weighted by atomic mass is 10.1. The number of aryl methyl sites for hydroxylation is 3. The molecule has 2 N–H and O–H groups in total. The molecule has 0 unspecified atom stereocenters. The van der Waals surface area contributed by atoms with Crippen LogP contribution in [0, 0.1) is 12.7 Å². The lowest BCUT2D eigenvalue weighted by Crippen LogP contribution is -2.44. The molecule has 0 radical (unpaired) electrons. The zero-order chi connectivity index (χ0) is 22.0. The van der Waals surface area contributed by atoms with Crippen LogP contribution in [0.4, 0.5) is 21.6 Å². The monoisotopic (exact) mass is 422 g/mol. The Morgan fingerprint density at radius 2 is 2.00 bits per heavy atom. The first-order chi connectivity index (χ1) is 14.9. The number of hydrogen-bond donors (Lipinski definition) is 2. The number of aromatic nitrogens is 3. The molecular weight excluding hydrogens is 395 g/mol. The molecule has 2 aromatic heterocycles. The predicted molar refractivity (Wildman–Crippen MR) is 120 cm³/mol. The molecule has 0 saturated carbocycles. The molecule has 0 saturated heterocycles. The Labute approximate surface area is 181 Å². The van der Waals surface area contributed by atoms with Crippen LogP contribution in [0.15, 0.2) is 42.7 Å². The van der Waals surface area contributed by atoms with Crippen LogP contribution in [0.1, 0.15) is 30.2 Å². The van der Waals surface area contributed by atoms with Crippen molar-refractivity contribution < 1.29 is 9.18 Å². The molecule has 1 aliphatic rings. The highest BCUT2D eigenvalue weighted by atomic mass is 19.1. The molecule has 31 heavy (non-hydrogen) atoms. The fraction of sp³-hybridized carbons (Fsp3) is 0.348. The van der Waals surface area contributed by atoms with Crippen molar-refractivity contribution in [2.45, 2.75) is 45.8 Å². The molecule has 0 aliphatic carbocycles. The summed E-state index contributed by atoms with van der Waals surface area (Å²) in [6.07, 6.45) is 5.69. The van der Waals surface area contributed by atoms with Gasteiger partial charge in [0.25, 0.3) is 0 Å². The fourth-order valence-electron chi connectivity index (χ4n) is 3.70. The van der Waals surface area contributed by atoms with Gasteiger partial charge in [-0.15, -0.1) is 0 Å². The summed E-state index contributed by atoms with van der Waals surface area (Å²) in [7, 11) is 1.92. The Morgan fingerprint density at radius 1 is 1.23 bits per heavy atom. The zero-order valence-electron chi connectivity index (χ0n) is 18.0. The quantitative estimate of drug-likeness (QED) is 0.607. The third-order valence-electron chi connectivity index (χ3n) is 5.69. The van der Waals surface area contributed by atoms with E-state index in [0.29, 0.717) is 6.54 Å². The molecule has 4 rings (SSSR count). The van der Waals surface area contributed by atoms with Gasteiger partial charge in [0, 0.05) is 38.0 Å². The number of anilines is 3. The maximum atomic E-state index is 13.0. The van der Waals surface area contributed by atoms with Crippen LogP contribution in [0.5, 0.6) is 0 Å². The van der Waals surface area contributed by atoms with Crippen molar-refractivity contribution in [3.05, 3.63) is 65.4 Å². The Kier molecular flexibility index (Phi) is 5.88. The van der Waals surface area contributed by atoms with Crippen molar-refractivity contribution >= 4 is 23.1 Å². The Morgan fingerprint density at radius 3 is 2.77 bits per heavy atom. The summed E-state index contributed by atoms with van der Waals surface area (Å²) in [6, 6.07) is 8.38. The highest BCUT2D eigenvalue weighted by Gasteiger charge is 2.28. The maximum absolute atomic E-state index is 13.0. The van der Waals surface area contributed by atoms with E-state index in [2.05, 4.69) is 20.7 Å². The minimum atomic E-state index is -0.227. The molecule has 1 atom stereocenters. The molecule has 162 valence electrons. The lowest BCUT2D eigenvalue weighted by molar-refractivity contribution is -0.117. The number of benzene rings is 1. The second kappa shape index (κ2) is 8.75. The van der Waals surface area contributed by atoms with Crippen LogP contribution in [-0.2, 0) is 24.3 Å². The Bertz CT molecular complexity index is 1080. The van der Waals surface area contributed by atoms with Crippen molar-refractivity contribution in [2.24, 2.45) is 0 Å². The standard InChI is InChI=1S/C23H27FN6O/c1-15-22-20(29(3)16(2)23(31)28-22)11-21(27-15)25-12-18-13-26-30(14-18)10-4-5-17-6-8-19(24)9-7-17/h6-9,11,13-14,16H,4-5,10,12H2,1-3H3,(H,25,27)(H,28,31)/t16-/m0/s1. The molecule has 3 heterocycles. The van der Waals surface area contributed by atoms with Crippen LogP contribution in [-0.4, -0.2) is 33.8 Å². The van der Waals surface area contributed by atoms with E-state index in [4.69, 9.17) is 0 Å². The number of rotatable bonds is 7.